The first-order valence-corrected chi connectivity index (χ1v) is 7.82. The second kappa shape index (κ2) is 8.01. The summed E-state index contributed by atoms with van der Waals surface area (Å²) in [4.78, 5) is 16.3. The van der Waals surface area contributed by atoms with Crippen molar-refractivity contribution in [2.45, 2.75) is 0 Å². The molecule has 0 saturated heterocycles. The predicted molar refractivity (Wildman–Crippen MR) is 92.8 cm³/mol. The molecule has 0 spiro atoms. The van der Waals surface area contributed by atoms with Gasteiger partial charge in [0, 0.05) is 5.56 Å². The van der Waals surface area contributed by atoms with Crippen LogP contribution in [0.15, 0.2) is 65.4 Å². The third-order valence-electron chi connectivity index (χ3n) is 3.53. The summed E-state index contributed by atoms with van der Waals surface area (Å²) in [7, 11) is 1.61. The SMILES string of the molecule is COc1ccc(OCCNC(=O)c2ncoc2-c2ccccc2)cc1. The zero-order chi connectivity index (χ0) is 17.5. The highest BCUT2D eigenvalue weighted by Gasteiger charge is 2.17. The number of carbonyl (C=O) groups is 1. The van der Waals surface area contributed by atoms with Gasteiger partial charge in [-0.05, 0) is 24.3 Å². The number of nitrogens with one attached hydrogen (secondary N) is 1. The molecule has 0 radical (unpaired) electrons. The number of oxazole rings is 1. The second-order valence-electron chi connectivity index (χ2n) is 5.18. The minimum atomic E-state index is -0.300. The molecule has 2 aromatic carbocycles. The fraction of sp³-hybridized carbons (Fsp3) is 0.158. The van der Waals surface area contributed by atoms with Crippen LogP contribution >= 0.6 is 0 Å². The maximum absolute atomic E-state index is 12.3. The summed E-state index contributed by atoms with van der Waals surface area (Å²) in [6.45, 7) is 0.697. The summed E-state index contributed by atoms with van der Waals surface area (Å²) in [5, 5.41) is 2.78. The predicted octanol–water partition coefficient (Wildman–Crippen LogP) is 3.16. The van der Waals surface area contributed by atoms with Gasteiger partial charge < -0.3 is 19.2 Å². The van der Waals surface area contributed by atoms with Crippen LogP contribution < -0.4 is 14.8 Å². The van der Waals surface area contributed by atoms with Crippen molar-refractivity contribution in [3.05, 3.63) is 66.7 Å². The normalized spacial score (nSPS) is 10.3. The largest absolute Gasteiger partial charge is 0.497 e. The van der Waals surface area contributed by atoms with Crippen molar-refractivity contribution < 1.29 is 18.7 Å². The average molecular weight is 338 g/mol. The third kappa shape index (κ3) is 4.17. The van der Waals surface area contributed by atoms with Crippen LogP contribution in [0.1, 0.15) is 10.5 Å². The summed E-state index contributed by atoms with van der Waals surface area (Å²) >= 11 is 0. The quantitative estimate of drug-likeness (QED) is 0.670. The van der Waals surface area contributed by atoms with E-state index < -0.39 is 0 Å². The molecule has 0 aliphatic rings. The molecule has 0 fully saturated rings. The zero-order valence-electron chi connectivity index (χ0n) is 13.8. The maximum atomic E-state index is 12.3. The van der Waals surface area contributed by atoms with Crippen molar-refractivity contribution in [1.29, 1.82) is 0 Å². The Morgan fingerprint density at radius 1 is 1.08 bits per heavy atom. The molecule has 0 saturated carbocycles. The van der Waals surface area contributed by atoms with E-state index in [2.05, 4.69) is 10.3 Å². The number of rotatable bonds is 7. The molecule has 1 amide bonds. The van der Waals surface area contributed by atoms with Crippen LogP contribution in [0.25, 0.3) is 11.3 Å². The van der Waals surface area contributed by atoms with E-state index in [1.54, 1.807) is 7.11 Å². The summed E-state index contributed by atoms with van der Waals surface area (Å²) in [5.41, 5.74) is 1.07. The topological polar surface area (TPSA) is 73.6 Å². The molecule has 0 aliphatic carbocycles. The monoisotopic (exact) mass is 338 g/mol. The summed E-state index contributed by atoms with van der Waals surface area (Å²) in [5.74, 6) is 1.63. The number of carbonyl (C=O) groups excluding carboxylic acids is 1. The average Bonchev–Trinajstić information content (AvgIpc) is 3.16. The van der Waals surface area contributed by atoms with Crippen LogP contribution in [0.3, 0.4) is 0 Å². The van der Waals surface area contributed by atoms with Crippen molar-refractivity contribution in [2.24, 2.45) is 0 Å². The van der Waals surface area contributed by atoms with Crippen LogP contribution in [0.2, 0.25) is 0 Å². The number of hydrogen-bond donors (Lipinski definition) is 1. The molecule has 25 heavy (non-hydrogen) atoms. The van der Waals surface area contributed by atoms with E-state index in [0.29, 0.717) is 24.7 Å². The van der Waals surface area contributed by atoms with E-state index in [9.17, 15) is 4.79 Å². The Hall–Kier alpha value is -3.28. The smallest absolute Gasteiger partial charge is 0.274 e. The van der Waals surface area contributed by atoms with Gasteiger partial charge in [0.05, 0.1) is 13.7 Å². The Morgan fingerprint density at radius 2 is 1.80 bits per heavy atom. The number of methoxy groups -OCH3 is 1. The lowest BCUT2D eigenvalue weighted by atomic mass is 10.1. The molecule has 6 nitrogen and oxygen atoms in total. The van der Waals surface area contributed by atoms with Gasteiger partial charge in [-0.25, -0.2) is 4.98 Å². The van der Waals surface area contributed by atoms with E-state index in [-0.39, 0.29) is 11.6 Å². The Kier molecular flexibility index (Phi) is 5.31. The van der Waals surface area contributed by atoms with Crippen LogP contribution in [0.4, 0.5) is 0 Å². The first kappa shape index (κ1) is 16.6. The highest BCUT2D eigenvalue weighted by Crippen LogP contribution is 2.22. The molecule has 0 bridgehead atoms. The first-order chi connectivity index (χ1) is 12.3. The maximum Gasteiger partial charge on any atom is 0.274 e. The van der Waals surface area contributed by atoms with Crippen LogP contribution in [-0.4, -0.2) is 31.2 Å². The Balaban J connectivity index is 1.52. The van der Waals surface area contributed by atoms with E-state index in [4.69, 9.17) is 13.9 Å². The summed E-state index contributed by atoms with van der Waals surface area (Å²) < 4.78 is 16.0. The minimum Gasteiger partial charge on any atom is -0.497 e. The summed E-state index contributed by atoms with van der Waals surface area (Å²) in [6, 6.07) is 16.6. The van der Waals surface area contributed by atoms with E-state index in [1.165, 1.54) is 6.39 Å². The Labute approximate surface area is 145 Å². The van der Waals surface area contributed by atoms with Crippen molar-refractivity contribution in [3.8, 4) is 22.8 Å². The van der Waals surface area contributed by atoms with Crippen LogP contribution in [0.5, 0.6) is 11.5 Å². The standard InChI is InChI=1S/C19H18N2O4/c1-23-15-7-9-16(10-8-15)24-12-11-20-19(22)17-18(25-13-21-17)14-5-3-2-4-6-14/h2-10,13H,11-12H2,1H3,(H,20,22). The first-order valence-electron chi connectivity index (χ1n) is 7.82. The van der Waals surface area contributed by atoms with Gasteiger partial charge in [0.25, 0.3) is 5.91 Å². The van der Waals surface area contributed by atoms with Gasteiger partial charge >= 0.3 is 0 Å². The molecule has 6 heteroatoms. The van der Waals surface area contributed by atoms with Crippen LogP contribution in [0, 0.1) is 0 Å². The zero-order valence-corrected chi connectivity index (χ0v) is 13.8. The molecular weight excluding hydrogens is 320 g/mol. The van der Waals surface area contributed by atoms with Crippen molar-refractivity contribution in [3.63, 3.8) is 0 Å². The van der Waals surface area contributed by atoms with Gasteiger partial charge in [0.15, 0.2) is 17.8 Å². The number of amides is 1. The lowest BCUT2D eigenvalue weighted by Gasteiger charge is -2.08. The van der Waals surface area contributed by atoms with Crippen molar-refractivity contribution in [1.82, 2.24) is 10.3 Å². The third-order valence-corrected chi connectivity index (χ3v) is 3.53. The molecular formula is C19H18N2O4. The van der Waals surface area contributed by atoms with Crippen molar-refractivity contribution >= 4 is 5.91 Å². The van der Waals surface area contributed by atoms with Gasteiger partial charge in [-0.1, -0.05) is 30.3 Å². The Bertz CT molecular complexity index is 813. The molecule has 0 unspecified atom stereocenters. The molecule has 3 aromatic rings. The summed E-state index contributed by atoms with van der Waals surface area (Å²) in [6.07, 6.45) is 1.27. The molecule has 1 heterocycles. The van der Waals surface area contributed by atoms with E-state index in [1.807, 2.05) is 54.6 Å². The molecule has 128 valence electrons. The van der Waals surface area contributed by atoms with E-state index >= 15 is 0 Å². The van der Waals surface area contributed by atoms with Gasteiger partial charge in [0.1, 0.15) is 18.1 Å². The lowest BCUT2D eigenvalue weighted by Crippen LogP contribution is -2.28. The number of benzene rings is 2. The number of hydrogen-bond acceptors (Lipinski definition) is 5. The molecule has 1 aromatic heterocycles. The van der Waals surface area contributed by atoms with E-state index in [0.717, 1.165) is 11.3 Å². The molecule has 0 atom stereocenters. The number of ether oxygens (including phenoxy) is 2. The Morgan fingerprint density at radius 3 is 2.52 bits per heavy atom. The highest BCUT2D eigenvalue weighted by atomic mass is 16.5. The van der Waals surface area contributed by atoms with Gasteiger partial charge in [-0.2, -0.15) is 0 Å². The molecule has 3 rings (SSSR count). The van der Waals surface area contributed by atoms with Gasteiger partial charge in [-0.15, -0.1) is 0 Å². The number of nitrogens with zero attached hydrogens (tertiary/aromatic N) is 1. The van der Waals surface area contributed by atoms with Crippen LogP contribution in [-0.2, 0) is 0 Å². The van der Waals surface area contributed by atoms with Crippen molar-refractivity contribution in [2.75, 3.05) is 20.3 Å². The minimum absolute atomic E-state index is 0.260. The fourth-order valence-electron chi connectivity index (χ4n) is 2.29. The lowest BCUT2D eigenvalue weighted by molar-refractivity contribution is 0.0943. The number of aromatic nitrogens is 1. The fourth-order valence-corrected chi connectivity index (χ4v) is 2.29. The van der Waals surface area contributed by atoms with Gasteiger partial charge in [-0.3, -0.25) is 4.79 Å². The molecule has 1 N–H and O–H groups in total. The second-order valence-corrected chi connectivity index (χ2v) is 5.18. The molecule has 0 aliphatic heterocycles. The van der Waals surface area contributed by atoms with Gasteiger partial charge in [0.2, 0.25) is 0 Å². The highest BCUT2D eigenvalue weighted by molar-refractivity contribution is 5.97.